The third kappa shape index (κ3) is 5.78. The third-order valence-corrected chi connectivity index (χ3v) is 7.70. The largest absolute Gasteiger partial charge is 0.352 e. The van der Waals surface area contributed by atoms with E-state index in [-0.39, 0.29) is 29.4 Å². The fourth-order valence-electron chi connectivity index (χ4n) is 3.47. The van der Waals surface area contributed by atoms with Crippen molar-refractivity contribution < 1.29 is 22.8 Å². The topological polar surface area (TPSA) is 134 Å². The molecule has 0 spiro atoms. The van der Waals surface area contributed by atoms with Crippen LogP contribution in [0.25, 0.3) is 21.3 Å². The van der Waals surface area contributed by atoms with Crippen molar-refractivity contribution in [3.63, 3.8) is 0 Å². The second-order valence-corrected chi connectivity index (χ2v) is 11.5. The SMILES string of the molecule is CC(=O)Nc1cccc(-c2ccc3nc(C(C(=O)NCC(=O)NC4CC4)S(C)(=O)=O)sc3c2)c1. The Bertz CT molecular complexity index is 1380. The van der Waals surface area contributed by atoms with Gasteiger partial charge in [-0.05, 0) is 48.2 Å². The van der Waals surface area contributed by atoms with Gasteiger partial charge in [-0.15, -0.1) is 11.3 Å². The number of carbonyl (C=O) groups is 3. The van der Waals surface area contributed by atoms with Crippen molar-refractivity contribution in [2.75, 3.05) is 18.1 Å². The first-order valence-corrected chi connectivity index (χ1v) is 13.4. The number of rotatable bonds is 8. The molecule has 34 heavy (non-hydrogen) atoms. The Morgan fingerprint density at radius 2 is 1.85 bits per heavy atom. The van der Waals surface area contributed by atoms with Gasteiger partial charge in [-0.3, -0.25) is 14.4 Å². The van der Waals surface area contributed by atoms with Crippen LogP contribution in [0.15, 0.2) is 42.5 Å². The standard InChI is InChI=1S/C23H24N4O5S2/c1-13(28)25-17-5-3-4-14(10-17)15-6-9-18-19(11-15)33-23(27-18)21(34(2,31)32)22(30)24-12-20(29)26-16-7-8-16/h3-6,9-11,16,21H,7-8,12H2,1-2H3,(H,24,30)(H,25,28)(H,26,29). The van der Waals surface area contributed by atoms with E-state index in [0.717, 1.165) is 41.6 Å². The van der Waals surface area contributed by atoms with Crippen LogP contribution in [-0.4, -0.2) is 50.0 Å². The van der Waals surface area contributed by atoms with Crippen molar-refractivity contribution in [2.24, 2.45) is 0 Å². The van der Waals surface area contributed by atoms with Crippen molar-refractivity contribution in [1.82, 2.24) is 15.6 Å². The van der Waals surface area contributed by atoms with Gasteiger partial charge in [0.1, 0.15) is 5.01 Å². The second-order valence-electron chi connectivity index (χ2n) is 8.27. The quantitative estimate of drug-likeness (QED) is 0.435. The van der Waals surface area contributed by atoms with Gasteiger partial charge in [0.25, 0.3) is 0 Å². The molecule has 1 saturated carbocycles. The van der Waals surface area contributed by atoms with Crippen LogP contribution in [0.4, 0.5) is 5.69 Å². The van der Waals surface area contributed by atoms with E-state index in [0.29, 0.717) is 15.9 Å². The number of carbonyl (C=O) groups excluding carboxylic acids is 3. The molecule has 0 bridgehead atoms. The highest BCUT2D eigenvalue weighted by Gasteiger charge is 2.34. The molecule has 1 unspecified atom stereocenters. The van der Waals surface area contributed by atoms with Crippen molar-refractivity contribution in [3.8, 4) is 11.1 Å². The van der Waals surface area contributed by atoms with Gasteiger partial charge in [0.15, 0.2) is 15.1 Å². The van der Waals surface area contributed by atoms with Gasteiger partial charge >= 0.3 is 0 Å². The maximum atomic E-state index is 12.7. The zero-order chi connectivity index (χ0) is 24.5. The minimum Gasteiger partial charge on any atom is -0.352 e. The average Bonchev–Trinajstić information content (AvgIpc) is 3.46. The fourth-order valence-corrected chi connectivity index (χ4v) is 6.02. The van der Waals surface area contributed by atoms with Crippen LogP contribution in [0.5, 0.6) is 0 Å². The third-order valence-electron chi connectivity index (χ3n) is 5.18. The molecule has 3 amide bonds. The molecule has 9 nitrogen and oxygen atoms in total. The summed E-state index contributed by atoms with van der Waals surface area (Å²) in [6.07, 6.45) is 2.81. The van der Waals surface area contributed by atoms with Crippen LogP contribution >= 0.6 is 11.3 Å². The molecular weight excluding hydrogens is 476 g/mol. The molecule has 4 rings (SSSR count). The van der Waals surface area contributed by atoms with Gasteiger partial charge in [-0.25, -0.2) is 13.4 Å². The summed E-state index contributed by atoms with van der Waals surface area (Å²) in [5.74, 6) is -1.30. The predicted molar refractivity (Wildman–Crippen MR) is 131 cm³/mol. The molecule has 1 atom stereocenters. The van der Waals surface area contributed by atoms with Crippen LogP contribution in [0.2, 0.25) is 0 Å². The minimum atomic E-state index is -3.84. The number of thiazole rings is 1. The summed E-state index contributed by atoms with van der Waals surface area (Å²) < 4.78 is 25.6. The molecule has 0 aliphatic heterocycles. The number of aromatic nitrogens is 1. The Hall–Kier alpha value is -3.31. The Morgan fingerprint density at radius 1 is 1.12 bits per heavy atom. The second kappa shape index (κ2) is 9.51. The van der Waals surface area contributed by atoms with Gasteiger partial charge in [0.05, 0.1) is 16.8 Å². The molecule has 1 aliphatic rings. The van der Waals surface area contributed by atoms with E-state index in [1.54, 1.807) is 12.1 Å². The number of fused-ring (bicyclic) bond motifs is 1. The van der Waals surface area contributed by atoms with Crippen molar-refractivity contribution in [2.45, 2.75) is 31.1 Å². The predicted octanol–water partition coefficient (Wildman–Crippen LogP) is 2.40. The van der Waals surface area contributed by atoms with E-state index in [1.807, 2.05) is 30.3 Å². The van der Waals surface area contributed by atoms with E-state index in [2.05, 4.69) is 20.9 Å². The van der Waals surface area contributed by atoms with Gasteiger partial charge in [-0.1, -0.05) is 18.2 Å². The van der Waals surface area contributed by atoms with E-state index < -0.39 is 21.0 Å². The smallest absolute Gasteiger partial charge is 0.245 e. The van der Waals surface area contributed by atoms with Crippen LogP contribution in [-0.2, 0) is 24.2 Å². The van der Waals surface area contributed by atoms with Crippen LogP contribution in [0.1, 0.15) is 30.0 Å². The molecule has 11 heteroatoms. The lowest BCUT2D eigenvalue weighted by Gasteiger charge is -2.12. The molecule has 1 aliphatic carbocycles. The molecule has 0 saturated heterocycles. The van der Waals surface area contributed by atoms with E-state index in [9.17, 15) is 22.8 Å². The van der Waals surface area contributed by atoms with Gasteiger partial charge in [0, 0.05) is 24.9 Å². The van der Waals surface area contributed by atoms with Crippen LogP contribution < -0.4 is 16.0 Å². The van der Waals surface area contributed by atoms with E-state index >= 15 is 0 Å². The first kappa shape index (κ1) is 23.8. The number of nitrogens with zero attached hydrogens (tertiary/aromatic N) is 1. The number of benzene rings is 2. The summed E-state index contributed by atoms with van der Waals surface area (Å²) in [4.78, 5) is 40.4. The van der Waals surface area contributed by atoms with Gasteiger partial charge in [0.2, 0.25) is 17.7 Å². The molecular formula is C23H24N4O5S2. The molecule has 3 N–H and O–H groups in total. The van der Waals surface area contributed by atoms with Crippen molar-refractivity contribution in [3.05, 3.63) is 47.5 Å². The van der Waals surface area contributed by atoms with Crippen molar-refractivity contribution >= 4 is 54.8 Å². The zero-order valence-corrected chi connectivity index (χ0v) is 20.3. The lowest BCUT2D eigenvalue weighted by atomic mass is 10.0. The number of hydrogen-bond donors (Lipinski definition) is 3. The first-order valence-electron chi connectivity index (χ1n) is 10.6. The zero-order valence-electron chi connectivity index (χ0n) is 18.6. The molecule has 3 aromatic rings. The van der Waals surface area contributed by atoms with Crippen LogP contribution in [0.3, 0.4) is 0 Å². The number of sulfone groups is 1. The van der Waals surface area contributed by atoms with E-state index in [4.69, 9.17) is 0 Å². The highest BCUT2D eigenvalue weighted by Crippen LogP contribution is 2.34. The summed E-state index contributed by atoms with van der Waals surface area (Å²) in [7, 11) is -3.84. The summed E-state index contributed by atoms with van der Waals surface area (Å²) in [5, 5.41) is 6.55. The van der Waals surface area contributed by atoms with Gasteiger partial charge in [-0.2, -0.15) is 0 Å². The number of nitrogens with one attached hydrogen (secondary N) is 3. The maximum Gasteiger partial charge on any atom is 0.245 e. The molecule has 1 heterocycles. The average molecular weight is 501 g/mol. The maximum absolute atomic E-state index is 12.7. The normalized spacial score (nSPS) is 14.4. The molecule has 0 radical (unpaired) electrons. The van der Waals surface area contributed by atoms with Gasteiger partial charge < -0.3 is 16.0 Å². The Morgan fingerprint density at radius 3 is 2.53 bits per heavy atom. The lowest BCUT2D eigenvalue weighted by Crippen LogP contribution is -2.41. The highest BCUT2D eigenvalue weighted by molar-refractivity contribution is 7.91. The summed E-state index contributed by atoms with van der Waals surface area (Å²) in [5.41, 5.74) is 2.94. The Kier molecular flexibility index (Phi) is 6.67. The Balaban J connectivity index is 1.59. The first-order chi connectivity index (χ1) is 16.1. The summed E-state index contributed by atoms with van der Waals surface area (Å²) >= 11 is 1.12. The number of amides is 3. The summed E-state index contributed by atoms with van der Waals surface area (Å²) in [6, 6.07) is 13.0. The fraction of sp³-hybridized carbons (Fsp3) is 0.304. The number of hydrogen-bond acceptors (Lipinski definition) is 7. The molecule has 2 aromatic carbocycles. The molecule has 1 aromatic heterocycles. The number of anilines is 1. The lowest BCUT2D eigenvalue weighted by molar-refractivity contribution is -0.126. The minimum absolute atomic E-state index is 0.141. The summed E-state index contributed by atoms with van der Waals surface area (Å²) in [6.45, 7) is 1.15. The highest BCUT2D eigenvalue weighted by atomic mass is 32.2. The van der Waals surface area contributed by atoms with Crippen LogP contribution in [0, 0.1) is 0 Å². The molecule has 1 fully saturated rings. The monoisotopic (exact) mass is 500 g/mol. The van der Waals surface area contributed by atoms with E-state index in [1.165, 1.54) is 6.92 Å². The van der Waals surface area contributed by atoms with Crippen molar-refractivity contribution in [1.29, 1.82) is 0 Å². The molecule has 178 valence electrons. The Labute approximate surface area is 200 Å².